The maximum absolute atomic E-state index is 9.90. The Labute approximate surface area is 137 Å². The van der Waals surface area contributed by atoms with Crippen LogP contribution in [0.5, 0.6) is 0 Å². The van der Waals surface area contributed by atoms with Crippen LogP contribution in [0.15, 0.2) is 36.4 Å². The summed E-state index contributed by atoms with van der Waals surface area (Å²) in [6, 6.07) is 12.4. The molecule has 0 aliphatic heterocycles. The van der Waals surface area contributed by atoms with Gasteiger partial charge in [-0.2, -0.15) is 0 Å². The minimum atomic E-state index is -0.478. The van der Waals surface area contributed by atoms with Crippen LogP contribution in [0, 0.1) is 0 Å². The van der Waals surface area contributed by atoms with E-state index in [1.165, 1.54) is 11.0 Å². The minimum Gasteiger partial charge on any atom is -0.389 e. The van der Waals surface area contributed by atoms with Crippen LogP contribution in [0.25, 0.3) is 21.8 Å². The van der Waals surface area contributed by atoms with E-state index in [-0.39, 0.29) is 0 Å². The Morgan fingerprint density at radius 2 is 1.35 bits per heavy atom. The minimum absolute atomic E-state index is 0.478. The third kappa shape index (κ3) is 2.87. The summed E-state index contributed by atoms with van der Waals surface area (Å²) >= 11 is 0. The van der Waals surface area contributed by atoms with E-state index < -0.39 is 12.2 Å². The summed E-state index contributed by atoms with van der Waals surface area (Å²) < 4.78 is 2.35. The van der Waals surface area contributed by atoms with E-state index in [1.807, 2.05) is 12.1 Å². The number of aliphatic hydroxyl groups excluding tert-OH is 2. The second-order valence-electron chi connectivity index (χ2n) is 6.41. The van der Waals surface area contributed by atoms with Crippen molar-refractivity contribution in [2.24, 2.45) is 0 Å². The molecule has 0 unspecified atom stereocenters. The maximum Gasteiger partial charge on any atom is 0.0762 e. The van der Waals surface area contributed by atoms with Crippen LogP contribution < -0.4 is 0 Å². The lowest BCUT2D eigenvalue weighted by Crippen LogP contribution is -1.98. The Kier molecular flexibility index (Phi) is 4.42. The van der Waals surface area contributed by atoms with Crippen molar-refractivity contribution >= 4 is 21.8 Å². The molecule has 0 amide bonds. The molecule has 0 fully saturated rings. The van der Waals surface area contributed by atoms with Gasteiger partial charge in [-0.05, 0) is 55.7 Å². The lowest BCUT2D eigenvalue weighted by atomic mass is 10.0. The van der Waals surface area contributed by atoms with Crippen molar-refractivity contribution in [3.05, 3.63) is 47.5 Å². The van der Waals surface area contributed by atoms with Crippen molar-refractivity contribution in [3.8, 4) is 0 Å². The van der Waals surface area contributed by atoms with E-state index in [9.17, 15) is 10.2 Å². The molecule has 2 aromatic carbocycles. The monoisotopic (exact) mass is 311 g/mol. The van der Waals surface area contributed by atoms with Crippen molar-refractivity contribution in [1.82, 2.24) is 4.57 Å². The quantitative estimate of drug-likeness (QED) is 0.717. The lowest BCUT2D eigenvalue weighted by Gasteiger charge is -2.08. The molecule has 1 aromatic heterocycles. The first kappa shape index (κ1) is 16.0. The summed E-state index contributed by atoms with van der Waals surface area (Å²) in [5.74, 6) is 0. The number of unbranched alkanes of at least 4 members (excludes halogenated alkanes) is 1. The number of benzene rings is 2. The maximum atomic E-state index is 9.90. The molecule has 0 radical (unpaired) electrons. The van der Waals surface area contributed by atoms with Gasteiger partial charge >= 0.3 is 0 Å². The van der Waals surface area contributed by atoms with E-state index in [1.54, 1.807) is 13.8 Å². The van der Waals surface area contributed by atoms with Gasteiger partial charge in [0.2, 0.25) is 0 Å². The number of rotatable bonds is 5. The highest BCUT2D eigenvalue weighted by molar-refractivity contribution is 6.08. The highest BCUT2D eigenvalue weighted by Crippen LogP contribution is 2.33. The van der Waals surface area contributed by atoms with Gasteiger partial charge in [0, 0.05) is 28.4 Å². The number of hydrogen-bond donors (Lipinski definition) is 2. The predicted octanol–water partition coefficient (Wildman–Crippen LogP) is 4.70. The van der Waals surface area contributed by atoms with Crippen LogP contribution in [0.2, 0.25) is 0 Å². The second-order valence-corrected chi connectivity index (χ2v) is 6.41. The molecular weight excluding hydrogens is 286 g/mol. The van der Waals surface area contributed by atoms with Crippen LogP contribution in [-0.4, -0.2) is 14.8 Å². The van der Waals surface area contributed by atoms with Gasteiger partial charge in [-0.25, -0.2) is 0 Å². The topological polar surface area (TPSA) is 45.4 Å². The molecule has 3 rings (SSSR count). The molecule has 0 saturated heterocycles. The summed E-state index contributed by atoms with van der Waals surface area (Å²) in [5, 5.41) is 22.1. The van der Waals surface area contributed by atoms with E-state index in [0.29, 0.717) is 0 Å². The van der Waals surface area contributed by atoms with Crippen molar-refractivity contribution in [1.29, 1.82) is 0 Å². The van der Waals surface area contributed by atoms with Gasteiger partial charge in [-0.1, -0.05) is 25.5 Å². The zero-order valence-electron chi connectivity index (χ0n) is 14.1. The fourth-order valence-corrected chi connectivity index (χ4v) is 3.22. The normalized spacial score (nSPS) is 14.5. The second kappa shape index (κ2) is 6.34. The van der Waals surface area contributed by atoms with Gasteiger partial charge < -0.3 is 14.8 Å². The highest BCUT2D eigenvalue weighted by Gasteiger charge is 2.14. The number of fused-ring (bicyclic) bond motifs is 3. The molecule has 2 atom stereocenters. The fourth-order valence-electron chi connectivity index (χ4n) is 3.22. The summed E-state index contributed by atoms with van der Waals surface area (Å²) in [5.41, 5.74) is 4.24. The van der Waals surface area contributed by atoms with Crippen molar-refractivity contribution in [2.45, 2.75) is 52.4 Å². The average Bonchev–Trinajstić information content (AvgIpc) is 2.85. The number of aromatic nitrogens is 1. The molecule has 0 bridgehead atoms. The SMILES string of the molecule is CCCCn1c2ccc([C@H](C)O)cc2c2cc([C@H](C)O)ccc21. The number of aryl methyl sites for hydroxylation is 1. The van der Waals surface area contributed by atoms with E-state index in [4.69, 9.17) is 0 Å². The van der Waals surface area contributed by atoms with Crippen LogP contribution in [0.3, 0.4) is 0 Å². The predicted molar refractivity (Wildman–Crippen MR) is 95.6 cm³/mol. The zero-order valence-corrected chi connectivity index (χ0v) is 14.1. The molecule has 1 heterocycles. The zero-order chi connectivity index (χ0) is 16.6. The first-order valence-electron chi connectivity index (χ1n) is 8.45. The lowest BCUT2D eigenvalue weighted by molar-refractivity contribution is 0.199. The average molecular weight is 311 g/mol. The van der Waals surface area contributed by atoms with Gasteiger partial charge in [-0.3, -0.25) is 0 Å². The van der Waals surface area contributed by atoms with Crippen LogP contribution in [0.4, 0.5) is 0 Å². The smallest absolute Gasteiger partial charge is 0.0762 e. The van der Waals surface area contributed by atoms with Crippen molar-refractivity contribution in [3.63, 3.8) is 0 Å². The van der Waals surface area contributed by atoms with E-state index in [0.717, 1.165) is 41.3 Å². The largest absolute Gasteiger partial charge is 0.389 e. The summed E-state index contributed by atoms with van der Waals surface area (Å²) in [7, 11) is 0. The first-order valence-corrected chi connectivity index (χ1v) is 8.45. The van der Waals surface area contributed by atoms with Crippen molar-refractivity contribution in [2.75, 3.05) is 0 Å². The van der Waals surface area contributed by atoms with Crippen molar-refractivity contribution < 1.29 is 10.2 Å². The Morgan fingerprint density at radius 1 is 0.870 bits per heavy atom. The molecule has 0 saturated carbocycles. The fraction of sp³-hybridized carbons (Fsp3) is 0.400. The third-order valence-corrected chi connectivity index (χ3v) is 4.61. The Bertz CT molecular complexity index is 765. The summed E-state index contributed by atoms with van der Waals surface area (Å²) in [6.07, 6.45) is 1.33. The third-order valence-electron chi connectivity index (χ3n) is 4.61. The van der Waals surface area contributed by atoms with E-state index in [2.05, 4.69) is 35.8 Å². The molecule has 2 N–H and O–H groups in total. The van der Waals surface area contributed by atoms with Crippen LogP contribution >= 0.6 is 0 Å². The molecule has 3 heteroatoms. The molecule has 122 valence electrons. The number of nitrogens with zero attached hydrogens (tertiary/aromatic N) is 1. The van der Waals surface area contributed by atoms with Gasteiger partial charge in [0.05, 0.1) is 12.2 Å². The van der Waals surface area contributed by atoms with Crippen LogP contribution in [0.1, 0.15) is 56.9 Å². The first-order chi connectivity index (χ1) is 11.0. The summed E-state index contributed by atoms with van der Waals surface area (Å²) in [6.45, 7) is 6.76. The molecule has 0 aliphatic carbocycles. The molecule has 3 nitrogen and oxygen atoms in total. The van der Waals surface area contributed by atoms with Gasteiger partial charge in [0.1, 0.15) is 0 Å². The van der Waals surface area contributed by atoms with Gasteiger partial charge in [-0.15, -0.1) is 0 Å². The Morgan fingerprint density at radius 3 is 1.74 bits per heavy atom. The standard InChI is InChI=1S/C20H25NO2/c1-4-5-10-21-19-8-6-15(13(2)22)11-17(19)18-12-16(14(3)23)7-9-20(18)21/h6-9,11-14,22-23H,4-5,10H2,1-3H3/t13-,14-/m0/s1. The molecule has 3 aromatic rings. The Hall–Kier alpha value is -1.84. The highest BCUT2D eigenvalue weighted by atomic mass is 16.3. The molecular formula is C20H25NO2. The summed E-state index contributed by atoms with van der Waals surface area (Å²) in [4.78, 5) is 0. The molecule has 0 spiro atoms. The van der Waals surface area contributed by atoms with E-state index >= 15 is 0 Å². The van der Waals surface area contributed by atoms with Gasteiger partial charge in [0.15, 0.2) is 0 Å². The molecule has 23 heavy (non-hydrogen) atoms. The Balaban J connectivity index is 2.30. The number of aliphatic hydroxyl groups is 2. The number of hydrogen-bond acceptors (Lipinski definition) is 2. The van der Waals surface area contributed by atoms with Gasteiger partial charge in [0.25, 0.3) is 0 Å². The van der Waals surface area contributed by atoms with Crippen LogP contribution in [-0.2, 0) is 6.54 Å². The molecule has 0 aliphatic rings.